The first-order chi connectivity index (χ1) is 11.5. The highest BCUT2D eigenvalue weighted by molar-refractivity contribution is 5.92. The number of hydrogen-bond acceptors (Lipinski definition) is 3. The smallest absolute Gasteiger partial charge is 0.225 e. The Kier molecular flexibility index (Phi) is 6.79. The molecule has 0 aromatic heterocycles. The predicted molar refractivity (Wildman–Crippen MR) is 97.1 cm³/mol. The van der Waals surface area contributed by atoms with E-state index in [1.807, 2.05) is 4.90 Å². The molecule has 1 aromatic carbocycles. The van der Waals surface area contributed by atoms with Crippen LogP contribution in [0.5, 0.6) is 0 Å². The minimum Gasteiger partial charge on any atom is -0.340 e. The summed E-state index contributed by atoms with van der Waals surface area (Å²) >= 11 is 0. The molecule has 1 fully saturated rings. The minimum atomic E-state index is 0.0691. The Labute approximate surface area is 145 Å². The number of carbonyl (C=O) groups is 2. The first kappa shape index (κ1) is 18.5. The van der Waals surface area contributed by atoms with E-state index in [1.54, 1.807) is 6.92 Å². The number of benzene rings is 1. The number of nitrogens with zero attached hydrogens (tertiary/aromatic N) is 2. The molecule has 0 bridgehead atoms. The summed E-state index contributed by atoms with van der Waals surface area (Å²) in [4.78, 5) is 27.8. The Morgan fingerprint density at radius 1 is 1.04 bits per heavy atom. The molecule has 0 atom stereocenters. The van der Waals surface area contributed by atoms with Crippen molar-refractivity contribution in [3.05, 3.63) is 29.3 Å². The second-order valence-corrected chi connectivity index (χ2v) is 6.30. The molecule has 2 amide bonds. The van der Waals surface area contributed by atoms with Crippen LogP contribution in [0.15, 0.2) is 18.2 Å². The van der Waals surface area contributed by atoms with Gasteiger partial charge in [-0.05, 0) is 24.0 Å². The zero-order chi connectivity index (χ0) is 17.5. The van der Waals surface area contributed by atoms with Gasteiger partial charge in [0.1, 0.15) is 0 Å². The monoisotopic (exact) mass is 331 g/mol. The SMILES string of the molecule is CCc1cccc(CC)c1NC(=O)CCN1CCN(C(C)=O)CC1. The summed E-state index contributed by atoms with van der Waals surface area (Å²) in [5, 5.41) is 3.12. The maximum absolute atomic E-state index is 12.4. The van der Waals surface area contributed by atoms with Gasteiger partial charge in [-0.15, -0.1) is 0 Å². The molecular formula is C19H29N3O2. The van der Waals surface area contributed by atoms with Crippen molar-refractivity contribution >= 4 is 17.5 Å². The third-order valence-corrected chi connectivity index (χ3v) is 4.74. The fraction of sp³-hybridized carbons (Fsp3) is 0.579. The molecule has 2 rings (SSSR count). The van der Waals surface area contributed by atoms with Crippen molar-refractivity contribution in [1.82, 2.24) is 9.80 Å². The van der Waals surface area contributed by atoms with Gasteiger partial charge < -0.3 is 10.2 Å². The van der Waals surface area contributed by atoms with E-state index >= 15 is 0 Å². The minimum absolute atomic E-state index is 0.0691. The first-order valence-corrected chi connectivity index (χ1v) is 8.93. The molecule has 24 heavy (non-hydrogen) atoms. The fourth-order valence-electron chi connectivity index (χ4n) is 3.15. The molecule has 132 valence electrons. The molecule has 1 heterocycles. The summed E-state index contributed by atoms with van der Waals surface area (Å²) in [5.74, 6) is 0.204. The average Bonchev–Trinajstić information content (AvgIpc) is 2.60. The number of carbonyl (C=O) groups excluding carboxylic acids is 2. The van der Waals surface area contributed by atoms with Crippen molar-refractivity contribution < 1.29 is 9.59 Å². The second-order valence-electron chi connectivity index (χ2n) is 6.30. The highest BCUT2D eigenvalue weighted by Crippen LogP contribution is 2.22. The summed E-state index contributed by atoms with van der Waals surface area (Å²) in [5.41, 5.74) is 3.38. The van der Waals surface area contributed by atoms with Crippen molar-refractivity contribution in [1.29, 1.82) is 0 Å². The summed E-state index contributed by atoms with van der Waals surface area (Å²) in [6.45, 7) is 9.78. The van der Waals surface area contributed by atoms with E-state index in [0.717, 1.165) is 51.3 Å². The van der Waals surface area contributed by atoms with Crippen molar-refractivity contribution in [2.75, 3.05) is 38.0 Å². The van der Waals surface area contributed by atoms with Crippen molar-refractivity contribution in [2.45, 2.75) is 40.0 Å². The molecular weight excluding hydrogens is 302 g/mol. The van der Waals surface area contributed by atoms with E-state index in [4.69, 9.17) is 0 Å². The number of nitrogens with one attached hydrogen (secondary N) is 1. The maximum Gasteiger partial charge on any atom is 0.225 e. The van der Waals surface area contributed by atoms with Crippen molar-refractivity contribution in [2.24, 2.45) is 0 Å². The zero-order valence-corrected chi connectivity index (χ0v) is 15.1. The molecule has 1 N–H and O–H groups in total. The lowest BCUT2D eigenvalue weighted by molar-refractivity contribution is -0.130. The fourth-order valence-corrected chi connectivity index (χ4v) is 3.15. The van der Waals surface area contributed by atoms with E-state index < -0.39 is 0 Å². The summed E-state index contributed by atoms with van der Waals surface area (Å²) in [7, 11) is 0. The number of aryl methyl sites for hydroxylation is 2. The lowest BCUT2D eigenvalue weighted by atomic mass is 10.0. The van der Waals surface area contributed by atoms with Crippen LogP contribution < -0.4 is 5.32 Å². The summed E-state index contributed by atoms with van der Waals surface area (Å²) in [6, 6.07) is 6.22. The molecule has 5 nitrogen and oxygen atoms in total. The lowest BCUT2D eigenvalue weighted by Gasteiger charge is -2.34. The van der Waals surface area contributed by atoms with Gasteiger partial charge in [0.25, 0.3) is 0 Å². The predicted octanol–water partition coefficient (Wildman–Crippen LogP) is 2.30. The van der Waals surface area contributed by atoms with Gasteiger partial charge in [-0.3, -0.25) is 14.5 Å². The van der Waals surface area contributed by atoms with E-state index in [-0.39, 0.29) is 11.8 Å². The highest BCUT2D eigenvalue weighted by Gasteiger charge is 2.19. The van der Waals surface area contributed by atoms with Crippen LogP contribution in [0, 0.1) is 0 Å². The van der Waals surface area contributed by atoms with Gasteiger partial charge in [-0.25, -0.2) is 0 Å². The highest BCUT2D eigenvalue weighted by atomic mass is 16.2. The topological polar surface area (TPSA) is 52.7 Å². The Morgan fingerprint density at radius 2 is 1.62 bits per heavy atom. The molecule has 0 aliphatic carbocycles. The quantitative estimate of drug-likeness (QED) is 0.870. The standard InChI is InChI=1S/C19H29N3O2/c1-4-16-7-6-8-17(5-2)19(16)20-18(24)9-10-21-11-13-22(14-12-21)15(3)23/h6-8H,4-5,9-14H2,1-3H3,(H,20,24). The Balaban J connectivity index is 1.85. The third kappa shape index (κ3) is 4.81. The lowest BCUT2D eigenvalue weighted by Crippen LogP contribution is -2.48. The van der Waals surface area contributed by atoms with Gasteiger partial charge in [0.2, 0.25) is 11.8 Å². The van der Waals surface area contributed by atoms with Gasteiger partial charge >= 0.3 is 0 Å². The van der Waals surface area contributed by atoms with Crippen LogP contribution in [0.4, 0.5) is 5.69 Å². The number of para-hydroxylation sites is 1. The van der Waals surface area contributed by atoms with Gasteiger partial charge in [0.05, 0.1) is 0 Å². The van der Waals surface area contributed by atoms with Gasteiger partial charge in [0, 0.05) is 51.8 Å². The van der Waals surface area contributed by atoms with Gasteiger partial charge in [-0.2, -0.15) is 0 Å². The van der Waals surface area contributed by atoms with Crippen LogP contribution in [0.1, 0.15) is 38.3 Å². The molecule has 5 heteroatoms. The molecule has 1 aromatic rings. The molecule has 1 aliphatic rings. The number of piperazine rings is 1. The number of anilines is 1. The van der Waals surface area contributed by atoms with Crippen LogP contribution >= 0.6 is 0 Å². The Morgan fingerprint density at radius 3 is 2.12 bits per heavy atom. The van der Waals surface area contributed by atoms with Crippen LogP contribution in [-0.2, 0) is 22.4 Å². The van der Waals surface area contributed by atoms with Crippen LogP contribution in [0.25, 0.3) is 0 Å². The van der Waals surface area contributed by atoms with Crippen molar-refractivity contribution in [3.8, 4) is 0 Å². The van der Waals surface area contributed by atoms with Crippen LogP contribution in [0.3, 0.4) is 0 Å². The summed E-state index contributed by atoms with van der Waals surface area (Å²) in [6.07, 6.45) is 2.31. The van der Waals surface area contributed by atoms with E-state index in [0.29, 0.717) is 6.42 Å². The van der Waals surface area contributed by atoms with Crippen LogP contribution in [0.2, 0.25) is 0 Å². The van der Waals surface area contributed by atoms with E-state index in [9.17, 15) is 9.59 Å². The molecule has 0 radical (unpaired) electrons. The van der Waals surface area contributed by atoms with Gasteiger partial charge in [-0.1, -0.05) is 32.0 Å². The first-order valence-electron chi connectivity index (χ1n) is 8.93. The number of hydrogen-bond donors (Lipinski definition) is 1. The normalized spacial score (nSPS) is 15.4. The van der Waals surface area contributed by atoms with E-state index in [2.05, 4.69) is 42.3 Å². The molecule has 0 spiro atoms. The number of amides is 2. The zero-order valence-electron chi connectivity index (χ0n) is 15.1. The Bertz CT molecular complexity index is 556. The summed E-state index contributed by atoms with van der Waals surface area (Å²) < 4.78 is 0. The van der Waals surface area contributed by atoms with Gasteiger partial charge in [0.15, 0.2) is 0 Å². The molecule has 0 saturated carbocycles. The second kappa shape index (κ2) is 8.83. The average molecular weight is 331 g/mol. The molecule has 1 saturated heterocycles. The number of rotatable bonds is 6. The third-order valence-electron chi connectivity index (χ3n) is 4.74. The van der Waals surface area contributed by atoms with E-state index in [1.165, 1.54) is 11.1 Å². The largest absolute Gasteiger partial charge is 0.340 e. The van der Waals surface area contributed by atoms with Crippen molar-refractivity contribution in [3.63, 3.8) is 0 Å². The maximum atomic E-state index is 12.4. The van der Waals surface area contributed by atoms with Crippen LogP contribution in [-0.4, -0.2) is 54.3 Å². The Hall–Kier alpha value is -1.88. The molecule has 1 aliphatic heterocycles. The molecule has 0 unspecified atom stereocenters.